The number of aldehydes is 1. The number of carbonyl (C=O) groups excluding carboxylic acids is 6. The molecule has 4 atom stereocenters. The number of ether oxygens (including phenoxy) is 5. The molecule has 30 heteroatoms. The van der Waals surface area contributed by atoms with Crippen LogP contribution in [0, 0.1) is 62.6 Å². The number of anilines is 1. The molecule has 5 amide bonds. The molecular weight excluding hydrogens is 1240 g/mol. The Hall–Kier alpha value is -10.4. The zero-order valence-corrected chi connectivity index (χ0v) is 54.1. The number of hydrogen-bond donors (Lipinski definition) is 5. The van der Waals surface area contributed by atoms with Gasteiger partial charge < -0.3 is 50.3 Å². The Morgan fingerprint density at radius 3 is 1.53 bits per heavy atom. The molecule has 0 aliphatic carbocycles. The maximum atomic E-state index is 15.1. The van der Waals surface area contributed by atoms with Crippen molar-refractivity contribution in [3.8, 4) is 17.2 Å². The van der Waals surface area contributed by atoms with Gasteiger partial charge in [-0.3, -0.25) is 69.2 Å². The topological polar surface area (TPSA) is 406 Å². The van der Waals surface area contributed by atoms with Gasteiger partial charge in [0.15, 0.2) is 12.6 Å². The summed E-state index contributed by atoms with van der Waals surface area (Å²) >= 11 is 0. The Morgan fingerprint density at radius 2 is 1.04 bits per heavy atom. The minimum absolute atomic E-state index is 0.0133. The average molecular weight is 1320 g/mol. The van der Waals surface area contributed by atoms with Gasteiger partial charge in [0.05, 0.1) is 75.2 Å². The van der Waals surface area contributed by atoms with Crippen LogP contribution in [0.2, 0.25) is 0 Å². The summed E-state index contributed by atoms with van der Waals surface area (Å²) in [6, 6.07) is 23.1. The van der Waals surface area contributed by atoms with Gasteiger partial charge in [0.1, 0.15) is 22.8 Å². The lowest BCUT2D eigenvalue weighted by atomic mass is 9.62. The number of nitro groups is 4. The molecule has 508 valence electrons. The predicted octanol–water partition coefficient (Wildman–Crippen LogP) is 11.1. The highest BCUT2D eigenvalue weighted by atomic mass is 16.7. The van der Waals surface area contributed by atoms with Crippen molar-refractivity contribution in [1.29, 1.82) is 0 Å². The smallest absolute Gasteiger partial charge is 0.282 e. The number of rotatable bonds is 36. The van der Waals surface area contributed by atoms with Crippen LogP contribution in [0.1, 0.15) is 133 Å². The van der Waals surface area contributed by atoms with Gasteiger partial charge in [-0.2, -0.15) is 10.2 Å². The van der Waals surface area contributed by atoms with Crippen molar-refractivity contribution in [3.63, 3.8) is 0 Å². The van der Waals surface area contributed by atoms with E-state index in [2.05, 4.69) is 36.8 Å². The highest BCUT2D eigenvalue weighted by Crippen LogP contribution is 2.47. The van der Waals surface area contributed by atoms with E-state index in [1.807, 2.05) is 20.8 Å². The Morgan fingerprint density at radius 1 is 0.589 bits per heavy atom. The monoisotopic (exact) mass is 1320 g/mol. The first-order valence-corrected chi connectivity index (χ1v) is 30.6. The third kappa shape index (κ3) is 21.3. The summed E-state index contributed by atoms with van der Waals surface area (Å²) in [6.07, 6.45) is -0.0417. The van der Waals surface area contributed by atoms with Crippen molar-refractivity contribution in [2.75, 3.05) is 58.0 Å². The van der Waals surface area contributed by atoms with Crippen LogP contribution in [0.4, 0.5) is 39.8 Å². The molecule has 0 saturated carbocycles. The van der Waals surface area contributed by atoms with Crippen LogP contribution in [-0.4, -0.2) is 114 Å². The highest BCUT2D eigenvalue weighted by molar-refractivity contribution is 6.07. The molecule has 1 aliphatic rings. The molecule has 0 spiro atoms. The first kappa shape index (κ1) is 73.7. The fourth-order valence-corrected chi connectivity index (χ4v) is 10.8. The first-order chi connectivity index (χ1) is 45.0. The lowest BCUT2D eigenvalue weighted by Gasteiger charge is -2.43. The quantitative estimate of drug-likeness (QED) is 0.00817. The second-order valence-corrected chi connectivity index (χ2v) is 24.7. The van der Waals surface area contributed by atoms with Gasteiger partial charge in [-0.1, -0.05) is 34.6 Å². The first-order valence-electron chi connectivity index (χ1n) is 30.6. The number of nitrogens with one attached hydrogen (secondary N) is 5. The Balaban J connectivity index is 1.17. The lowest BCUT2D eigenvalue weighted by molar-refractivity contribution is -0.386. The Labute approximate surface area is 547 Å². The van der Waals surface area contributed by atoms with Crippen LogP contribution in [0.3, 0.4) is 0 Å². The van der Waals surface area contributed by atoms with E-state index in [9.17, 15) is 64.4 Å². The van der Waals surface area contributed by atoms with Gasteiger partial charge in [0.2, 0.25) is 23.6 Å². The van der Waals surface area contributed by atoms with Crippen molar-refractivity contribution in [2.24, 2.45) is 32.4 Å². The van der Waals surface area contributed by atoms with Gasteiger partial charge >= 0.3 is 0 Å². The molecule has 95 heavy (non-hydrogen) atoms. The lowest BCUT2D eigenvalue weighted by Crippen LogP contribution is -2.52. The van der Waals surface area contributed by atoms with E-state index < -0.39 is 83.0 Å². The van der Waals surface area contributed by atoms with Crippen molar-refractivity contribution in [3.05, 3.63) is 160 Å². The van der Waals surface area contributed by atoms with Gasteiger partial charge in [-0.15, -0.1) is 0 Å². The van der Waals surface area contributed by atoms with Gasteiger partial charge in [-0.25, -0.2) is 0 Å². The number of nitro benzene ring substituents is 4. The molecule has 1 aliphatic heterocycles. The number of carbonyl (C=O) groups is 6. The molecule has 5 aromatic rings. The summed E-state index contributed by atoms with van der Waals surface area (Å²) in [5, 5.41) is 68.9. The molecule has 0 radical (unpaired) electrons. The molecule has 6 rings (SSSR count). The van der Waals surface area contributed by atoms with E-state index in [0.717, 1.165) is 12.1 Å². The minimum Gasteiger partial charge on any atom is -0.494 e. The summed E-state index contributed by atoms with van der Waals surface area (Å²) in [6.45, 7) is 14.6. The van der Waals surface area contributed by atoms with Crippen LogP contribution in [0.15, 0.2) is 113 Å². The molecule has 0 bridgehead atoms. The summed E-state index contributed by atoms with van der Waals surface area (Å²) in [7, 11) is 0. The summed E-state index contributed by atoms with van der Waals surface area (Å²) in [5.74, 6) is -2.82. The van der Waals surface area contributed by atoms with Crippen molar-refractivity contribution in [2.45, 2.75) is 112 Å². The molecular formula is C65H79N11O19. The third-order valence-corrected chi connectivity index (χ3v) is 15.6. The summed E-state index contributed by atoms with van der Waals surface area (Å²) < 4.78 is 28.7. The minimum atomic E-state index is -1.53. The maximum Gasteiger partial charge on any atom is 0.282 e. The van der Waals surface area contributed by atoms with Gasteiger partial charge in [-0.05, 0) is 139 Å². The Kier molecular flexibility index (Phi) is 26.0. The summed E-state index contributed by atoms with van der Waals surface area (Å²) in [4.78, 5) is 127. The zero-order valence-electron chi connectivity index (χ0n) is 54.1. The number of amides is 5. The van der Waals surface area contributed by atoms with E-state index in [4.69, 9.17) is 23.7 Å². The molecule has 4 unspecified atom stereocenters. The number of benzene rings is 5. The summed E-state index contributed by atoms with van der Waals surface area (Å²) in [5.41, 5.74) is -5.43. The number of azo groups is 1. The van der Waals surface area contributed by atoms with Crippen LogP contribution < -0.4 is 40.8 Å². The second kappa shape index (κ2) is 33.5. The fourth-order valence-electron chi connectivity index (χ4n) is 10.8. The SMILES string of the molecule is CCC(C)(CC(C)(CC(C)(CC(C)C(=O)NC(C)(C)C)C(=O)NCCCOc1ccc([N+](=O)[O-])c(C2OCCO2)c1)C(=O)NCCCOc1ccc([N+](=O)[O-])c(C(=O)Nc2ccc(N=Nc3ccc([N+](=O)[O-])cc3)cc2)c1)C(=O)NCCCOc1ccc([N+](=O)[O-])c(C=O)c1. The van der Waals surface area contributed by atoms with Gasteiger partial charge in [0, 0.05) is 83.4 Å². The molecule has 1 heterocycles. The predicted molar refractivity (Wildman–Crippen MR) is 346 cm³/mol. The second-order valence-electron chi connectivity index (χ2n) is 24.7. The third-order valence-electron chi connectivity index (χ3n) is 15.6. The number of non-ortho nitro benzene ring substituents is 1. The average Bonchev–Trinajstić information content (AvgIpc) is 1.45. The number of nitrogens with zero attached hydrogens (tertiary/aromatic N) is 6. The van der Waals surface area contributed by atoms with Crippen molar-refractivity contribution >= 4 is 75.6 Å². The van der Waals surface area contributed by atoms with E-state index in [1.165, 1.54) is 91.0 Å². The largest absolute Gasteiger partial charge is 0.494 e. The number of hydrogen-bond acceptors (Lipinski definition) is 21. The van der Waals surface area contributed by atoms with Crippen LogP contribution in [-0.2, 0) is 28.7 Å². The van der Waals surface area contributed by atoms with E-state index in [1.54, 1.807) is 34.6 Å². The highest BCUT2D eigenvalue weighted by Gasteiger charge is 2.50. The molecule has 5 aromatic carbocycles. The molecule has 1 saturated heterocycles. The molecule has 5 N–H and O–H groups in total. The van der Waals surface area contributed by atoms with E-state index in [0.29, 0.717) is 23.4 Å². The zero-order chi connectivity index (χ0) is 69.7. The Bertz CT molecular complexity index is 3630. The molecule has 30 nitrogen and oxygen atoms in total. The standard InChI is InChI=1S/C65H79N11O19/c1-9-63(6,59(80)66-27-10-30-91-48-21-24-53(74(85)86)43(35-48)39-77)40-65(8,41-64(7,38-42(2)56(78)70-62(3,4)5)60(81)67-28-11-32-93-50-23-26-55(76(89)90)52(37-50)58-94-33-34-95-58)61(82)68-29-12-31-92-49-22-25-54(75(87)88)51(36-49)57(79)69-44-13-15-45(16-14-44)71-72-46-17-19-47(20-18-46)73(83)84/h13-26,35-37,39,42,58H,9-12,27-34,38,40-41H2,1-8H3,(H,66,80)(H,67,81)(H,68,82)(H,69,79)(H,70,78). The molecule has 0 aromatic heterocycles. The van der Waals surface area contributed by atoms with Crippen LogP contribution in [0.5, 0.6) is 17.2 Å². The normalized spacial score (nSPS) is 14.6. The van der Waals surface area contributed by atoms with E-state index >= 15 is 4.79 Å². The maximum absolute atomic E-state index is 15.1. The fraction of sp³-hybridized carbons (Fsp3) is 0.446. The van der Waals surface area contributed by atoms with Crippen LogP contribution >= 0.6 is 0 Å². The van der Waals surface area contributed by atoms with E-state index in [-0.39, 0.29) is 154 Å². The van der Waals surface area contributed by atoms with Gasteiger partial charge in [0.25, 0.3) is 28.7 Å². The van der Waals surface area contributed by atoms with Crippen molar-refractivity contribution in [1.82, 2.24) is 21.3 Å². The molecule has 1 fully saturated rings. The van der Waals surface area contributed by atoms with Crippen LogP contribution in [0.25, 0.3) is 0 Å². The van der Waals surface area contributed by atoms with Crippen molar-refractivity contribution < 1.29 is 72.1 Å².